The van der Waals surface area contributed by atoms with E-state index in [1.54, 1.807) is 6.92 Å². The average molecular weight is 292 g/mol. The fourth-order valence-electron chi connectivity index (χ4n) is 1.69. The summed E-state index contributed by atoms with van der Waals surface area (Å²) in [5, 5.41) is 5.60. The Morgan fingerprint density at radius 2 is 1.95 bits per heavy atom. The van der Waals surface area contributed by atoms with Crippen LogP contribution in [0.5, 0.6) is 0 Å². The number of ketones is 1. The van der Waals surface area contributed by atoms with Crippen LogP contribution in [-0.4, -0.2) is 31.0 Å². The van der Waals surface area contributed by atoms with E-state index in [2.05, 4.69) is 17.6 Å². The molecular formula is C16H24N2O3. The lowest BCUT2D eigenvalue weighted by atomic mass is 10.2. The molecule has 21 heavy (non-hydrogen) atoms. The van der Waals surface area contributed by atoms with Crippen LogP contribution in [0.2, 0.25) is 0 Å². The first-order chi connectivity index (χ1) is 10.1. The van der Waals surface area contributed by atoms with E-state index in [-0.39, 0.29) is 18.9 Å². The summed E-state index contributed by atoms with van der Waals surface area (Å²) in [6.07, 6.45) is 1.54. The number of hydrogen-bond acceptors (Lipinski definition) is 4. The molecule has 0 aliphatic rings. The molecule has 0 aromatic heterocycles. The molecule has 0 fully saturated rings. The van der Waals surface area contributed by atoms with Gasteiger partial charge in [-0.1, -0.05) is 43.7 Å². The third kappa shape index (κ3) is 7.46. The summed E-state index contributed by atoms with van der Waals surface area (Å²) in [7, 11) is 0. The largest absolute Gasteiger partial charge is 0.445 e. The molecule has 2 N–H and O–H groups in total. The molecule has 0 heterocycles. The highest BCUT2D eigenvalue weighted by molar-refractivity contribution is 5.88. The number of carbonyl (C=O) groups is 2. The highest BCUT2D eigenvalue weighted by atomic mass is 16.5. The number of unbranched alkanes of at least 4 members (excludes halogenated alkanes) is 1. The fourth-order valence-corrected chi connectivity index (χ4v) is 1.69. The minimum Gasteiger partial charge on any atom is -0.445 e. The third-order valence-electron chi connectivity index (χ3n) is 3.04. The van der Waals surface area contributed by atoms with Crippen molar-refractivity contribution in [2.24, 2.45) is 0 Å². The maximum absolute atomic E-state index is 11.8. The normalized spacial score (nSPS) is 11.7. The summed E-state index contributed by atoms with van der Waals surface area (Å²) < 4.78 is 5.07. The standard InChI is InChI=1S/C16H24N2O3/c1-3-4-10-17-11-15(19)13(2)18-16(20)21-12-14-8-6-5-7-9-14/h5-9,13,17H,3-4,10-12H2,1-2H3,(H,18,20)/t13-/m0/s1. The molecule has 116 valence electrons. The Labute approximate surface area is 126 Å². The van der Waals surface area contributed by atoms with Gasteiger partial charge in [-0.15, -0.1) is 0 Å². The highest BCUT2D eigenvalue weighted by Gasteiger charge is 2.15. The zero-order valence-electron chi connectivity index (χ0n) is 12.7. The first-order valence-electron chi connectivity index (χ1n) is 7.34. The molecule has 5 heteroatoms. The van der Waals surface area contributed by atoms with Gasteiger partial charge in [-0.2, -0.15) is 0 Å². The second kappa shape index (κ2) is 9.94. The molecule has 0 aliphatic heterocycles. The van der Waals surface area contributed by atoms with Gasteiger partial charge in [0.25, 0.3) is 0 Å². The van der Waals surface area contributed by atoms with Crippen molar-refractivity contribution < 1.29 is 14.3 Å². The minimum atomic E-state index is -0.576. The lowest BCUT2D eigenvalue weighted by Crippen LogP contribution is -2.42. The van der Waals surface area contributed by atoms with E-state index in [4.69, 9.17) is 4.74 Å². The smallest absolute Gasteiger partial charge is 0.408 e. The molecular weight excluding hydrogens is 268 g/mol. The average Bonchev–Trinajstić information content (AvgIpc) is 2.50. The number of ether oxygens (including phenoxy) is 1. The van der Waals surface area contributed by atoms with E-state index in [0.717, 1.165) is 24.9 Å². The summed E-state index contributed by atoms with van der Waals surface area (Å²) in [4.78, 5) is 23.4. The number of Topliss-reactive ketones (excluding diaryl/α,β-unsaturated/α-hetero) is 1. The van der Waals surface area contributed by atoms with Crippen LogP contribution in [0.25, 0.3) is 0 Å². The fraction of sp³-hybridized carbons (Fsp3) is 0.500. The predicted molar refractivity (Wildman–Crippen MR) is 82.0 cm³/mol. The quantitative estimate of drug-likeness (QED) is 0.685. The molecule has 1 aromatic carbocycles. The number of hydrogen-bond donors (Lipinski definition) is 2. The molecule has 1 atom stereocenters. The van der Waals surface area contributed by atoms with E-state index >= 15 is 0 Å². The summed E-state index contributed by atoms with van der Waals surface area (Å²) in [5.41, 5.74) is 0.910. The maximum atomic E-state index is 11.8. The van der Waals surface area contributed by atoms with Gasteiger partial charge in [-0.05, 0) is 25.5 Å². The summed E-state index contributed by atoms with van der Waals surface area (Å²) in [6.45, 7) is 5.03. The predicted octanol–water partition coefficient (Wildman–Crippen LogP) is 2.26. The Morgan fingerprint density at radius 1 is 1.24 bits per heavy atom. The van der Waals surface area contributed by atoms with Crippen molar-refractivity contribution in [3.63, 3.8) is 0 Å². The van der Waals surface area contributed by atoms with Crippen molar-refractivity contribution in [1.82, 2.24) is 10.6 Å². The molecule has 1 amide bonds. The van der Waals surface area contributed by atoms with Crippen molar-refractivity contribution in [3.05, 3.63) is 35.9 Å². The molecule has 0 saturated heterocycles. The van der Waals surface area contributed by atoms with Crippen LogP contribution in [0.3, 0.4) is 0 Å². The Bertz CT molecular complexity index is 434. The Hall–Kier alpha value is -1.88. The van der Waals surface area contributed by atoms with Crippen LogP contribution in [0.4, 0.5) is 4.79 Å². The van der Waals surface area contributed by atoms with Crippen LogP contribution in [0, 0.1) is 0 Å². The van der Waals surface area contributed by atoms with Crippen molar-refractivity contribution >= 4 is 11.9 Å². The van der Waals surface area contributed by atoms with Crippen molar-refractivity contribution in [1.29, 1.82) is 0 Å². The summed E-state index contributed by atoms with van der Waals surface area (Å²) in [5.74, 6) is -0.0530. The molecule has 0 bridgehead atoms. The highest BCUT2D eigenvalue weighted by Crippen LogP contribution is 2.00. The second-order valence-corrected chi connectivity index (χ2v) is 4.92. The molecule has 0 radical (unpaired) electrons. The number of carbonyl (C=O) groups excluding carboxylic acids is 2. The monoisotopic (exact) mass is 292 g/mol. The van der Waals surface area contributed by atoms with Gasteiger partial charge >= 0.3 is 6.09 Å². The first-order valence-corrected chi connectivity index (χ1v) is 7.34. The molecule has 0 saturated carbocycles. The van der Waals surface area contributed by atoms with Gasteiger partial charge in [0.05, 0.1) is 12.6 Å². The first kappa shape index (κ1) is 17.2. The van der Waals surface area contributed by atoms with Gasteiger partial charge in [0, 0.05) is 0 Å². The van der Waals surface area contributed by atoms with Gasteiger partial charge in [-0.25, -0.2) is 4.79 Å². The van der Waals surface area contributed by atoms with Crippen LogP contribution in [0.1, 0.15) is 32.3 Å². The topological polar surface area (TPSA) is 67.4 Å². The van der Waals surface area contributed by atoms with Gasteiger partial charge in [-0.3, -0.25) is 4.79 Å². The molecule has 0 aliphatic carbocycles. The van der Waals surface area contributed by atoms with Crippen molar-refractivity contribution in [2.75, 3.05) is 13.1 Å². The van der Waals surface area contributed by atoms with Crippen LogP contribution >= 0.6 is 0 Å². The molecule has 0 unspecified atom stereocenters. The van der Waals surface area contributed by atoms with E-state index < -0.39 is 12.1 Å². The Morgan fingerprint density at radius 3 is 2.62 bits per heavy atom. The number of benzene rings is 1. The third-order valence-corrected chi connectivity index (χ3v) is 3.04. The van der Waals surface area contributed by atoms with Crippen LogP contribution in [-0.2, 0) is 16.1 Å². The lowest BCUT2D eigenvalue weighted by Gasteiger charge is -2.13. The lowest BCUT2D eigenvalue weighted by molar-refractivity contribution is -0.119. The van der Waals surface area contributed by atoms with Crippen molar-refractivity contribution in [3.8, 4) is 0 Å². The zero-order valence-corrected chi connectivity index (χ0v) is 12.7. The SMILES string of the molecule is CCCCNCC(=O)[C@H](C)NC(=O)OCc1ccccc1. The van der Waals surface area contributed by atoms with Gasteiger partial charge in [0.15, 0.2) is 5.78 Å². The van der Waals surface area contributed by atoms with Crippen LogP contribution < -0.4 is 10.6 Å². The van der Waals surface area contributed by atoms with Gasteiger partial charge in [0.2, 0.25) is 0 Å². The van der Waals surface area contributed by atoms with Crippen molar-refractivity contribution in [2.45, 2.75) is 39.3 Å². The summed E-state index contributed by atoms with van der Waals surface area (Å²) >= 11 is 0. The molecule has 0 spiro atoms. The minimum absolute atomic E-state index is 0.0530. The number of amides is 1. The Kier molecular flexibility index (Phi) is 8.12. The van der Waals surface area contributed by atoms with E-state index in [0.29, 0.717) is 0 Å². The maximum Gasteiger partial charge on any atom is 0.408 e. The van der Waals surface area contributed by atoms with Gasteiger partial charge < -0.3 is 15.4 Å². The van der Waals surface area contributed by atoms with E-state index in [1.807, 2.05) is 30.3 Å². The molecule has 5 nitrogen and oxygen atoms in total. The zero-order chi connectivity index (χ0) is 15.5. The number of alkyl carbamates (subject to hydrolysis) is 1. The molecule has 1 rings (SSSR count). The van der Waals surface area contributed by atoms with E-state index in [1.165, 1.54) is 0 Å². The summed E-state index contributed by atoms with van der Waals surface area (Å²) in [6, 6.07) is 8.85. The van der Waals surface area contributed by atoms with E-state index in [9.17, 15) is 9.59 Å². The number of rotatable bonds is 9. The number of nitrogens with one attached hydrogen (secondary N) is 2. The van der Waals surface area contributed by atoms with Gasteiger partial charge in [0.1, 0.15) is 6.61 Å². The second-order valence-electron chi connectivity index (χ2n) is 4.92. The molecule has 1 aromatic rings. The van der Waals surface area contributed by atoms with Crippen LogP contribution in [0.15, 0.2) is 30.3 Å². The Balaban J connectivity index is 2.22.